The van der Waals surface area contributed by atoms with Crippen LogP contribution in [-0.2, 0) is 16.1 Å². The molecule has 0 aliphatic carbocycles. The van der Waals surface area contributed by atoms with Gasteiger partial charge in [-0.3, -0.25) is 0 Å². The van der Waals surface area contributed by atoms with E-state index in [4.69, 9.17) is 9.47 Å². The smallest absolute Gasteiger partial charge is 0.363 e. The van der Waals surface area contributed by atoms with Crippen molar-refractivity contribution < 1.29 is 14.3 Å². The Balaban J connectivity index is 1.59. The number of hydrogen-bond acceptors (Lipinski definition) is 4. The number of nitrogens with zero attached hydrogens (tertiary/aromatic N) is 1. The molecule has 30 heavy (non-hydrogen) atoms. The third-order valence-corrected chi connectivity index (χ3v) is 7.11. The number of benzene rings is 3. The lowest BCUT2D eigenvalue weighted by Crippen LogP contribution is -2.05. The van der Waals surface area contributed by atoms with Gasteiger partial charge in [0.25, 0.3) is 0 Å². The van der Waals surface area contributed by atoms with Crippen LogP contribution < -0.4 is 4.74 Å². The average molecular weight is 639 g/mol. The van der Waals surface area contributed by atoms with Crippen LogP contribution >= 0.6 is 54.5 Å². The molecule has 0 fully saturated rings. The van der Waals surface area contributed by atoms with Gasteiger partial charge in [-0.2, -0.15) is 0 Å². The summed E-state index contributed by atoms with van der Waals surface area (Å²) in [6, 6.07) is 21.1. The Morgan fingerprint density at radius 2 is 1.87 bits per heavy atom. The van der Waals surface area contributed by atoms with E-state index in [0.717, 1.165) is 29.2 Å². The first-order valence-electron chi connectivity index (χ1n) is 8.94. The molecule has 0 spiro atoms. The maximum atomic E-state index is 12.4. The predicted octanol–water partition coefficient (Wildman–Crippen LogP) is 6.74. The molecule has 4 rings (SSSR count). The van der Waals surface area contributed by atoms with E-state index < -0.39 is 5.97 Å². The molecule has 0 unspecified atom stereocenters. The average Bonchev–Trinajstić information content (AvgIpc) is 3.10. The van der Waals surface area contributed by atoms with Gasteiger partial charge in [-0.15, -0.1) is 0 Å². The van der Waals surface area contributed by atoms with E-state index in [9.17, 15) is 4.79 Å². The fraction of sp³-hybridized carbons (Fsp3) is 0.0435. The van der Waals surface area contributed by atoms with Crippen LogP contribution in [0.1, 0.15) is 16.7 Å². The van der Waals surface area contributed by atoms with Gasteiger partial charge in [-0.1, -0.05) is 46.3 Å². The zero-order valence-electron chi connectivity index (χ0n) is 15.4. The number of hydrogen-bond donors (Lipinski definition) is 0. The summed E-state index contributed by atoms with van der Waals surface area (Å²) >= 11 is 9.18. The first-order chi connectivity index (χ1) is 14.5. The topological polar surface area (TPSA) is 47.9 Å². The number of halogens is 3. The molecule has 150 valence electrons. The van der Waals surface area contributed by atoms with Gasteiger partial charge < -0.3 is 9.47 Å². The standard InChI is InChI=1S/C23H14Br2INO3/c24-17-6-3-4-14(10-17)13-29-21-7-2-1-5-15(21)12-20-23(28)30-22(27-20)16-8-9-19(26)18(25)11-16/h1-12H,13H2/b20-12-. The first-order valence-corrected chi connectivity index (χ1v) is 11.6. The number of carbonyl (C=O) groups is 1. The fourth-order valence-corrected chi connectivity index (χ4v) is 3.99. The van der Waals surface area contributed by atoms with E-state index in [2.05, 4.69) is 59.4 Å². The number of para-hydroxylation sites is 1. The first kappa shape index (κ1) is 21.3. The van der Waals surface area contributed by atoms with Crippen LogP contribution in [0.2, 0.25) is 0 Å². The summed E-state index contributed by atoms with van der Waals surface area (Å²) in [5.41, 5.74) is 2.77. The Labute approximate surface area is 204 Å². The Morgan fingerprint density at radius 3 is 2.67 bits per heavy atom. The lowest BCUT2D eigenvalue weighted by molar-refractivity contribution is -0.129. The Kier molecular flexibility index (Phi) is 6.70. The van der Waals surface area contributed by atoms with Crippen LogP contribution in [0.25, 0.3) is 6.08 Å². The van der Waals surface area contributed by atoms with Crippen molar-refractivity contribution in [1.29, 1.82) is 0 Å². The maximum absolute atomic E-state index is 12.4. The Hall–Kier alpha value is -1.97. The van der Waals surface area contributed by atoms with Crippen LogP contribution in [0.15, 0.2) is 86.4 Å². The second-order valence-corrected chi connectivity index (χ2v) is 9.35. The minimum atomic E-state index is -0.485. The largest absolute Gasteiger partial charge is 0.488 e. The van der Waals surface area contributed by atoms with Crippen LogP contribution in [0, 0.1) is 3.57 Å². The zero-order valence-corrected chi connectivity index (χ0v) is 20.8. The molecule has 3 aromatic rings. The van der Waals surface area contributed by atoms with Crippen molar-refractivity contribution in [3.63, 3.8) is 0 Å². The quantitative estimate of drug-likeness (QED) is 0.177. The number of ether oxygens (including phenoxy) is 2. The van der Waals surface area contributed by atoms with Gasteiger partial charge in [-0.05, 0) is 86.6 Å². The van der Waals surface area contributed by atoms with E-state index in [-0.39, 0.29) is 11.6 Å². The summed E-state index contributed by atoms with van der Waals surface area (Å²) in [4.78, 5) is 16.8. The highest BCUT2D eigenvalue weighted by Crippen LogP contribution is 2.27. The molecule has 0 amide bonds. The number of esters is 1. The normalized spacial score (nSPS) is 14.6. The molecule has 0 radical (unpaired) electrons. The lowest BCUT2D eigenvalue weighted by Gasteiger charge is -2.09. The van der Waals surface area contributed by atoms with Crippen molar-refractivity contribution in [3.05, 3.63) is 102 Å². The number of carbonyl (C=O) groups excluding carboxylic acids is 1. The molecule has 1 heterocycles. The van der Waals surface area contributed by atoms with Crippen molar-refractivity contribution in [1.82, 2.24) is 0 Å². The summed E-state index contributed by atoms with van der Waals surface area (Å²) in [6.45, 7) is 0.412. The number of rotatable bonds is 5. The summed E-state index contributed by atoms with van der Waals surface area (Å²) < 4.78 is 14.4. The highest BCUT2D eigenvalue weighted by Gasteiger charge is 2.25. The molecular weight excluding hydrogens is 625 g/mol. The number of aliphatic imine (C=N–C) groups is 1. The molecule has 7 heteroatoms. The summed E-state index contributed by atoms with van der Waals surface area (Å²) in [5.74, 6) is 0.468. The summed E-state index contributed by atoms with van der Waals surface area (Å²) in [6.07, 6.45) is 1.69. The SMILES string of the molecule is O=C1OC(c2ccc(I)c(Br)c2)=N/C1=C\c1ccccc1OCc1cccc(Br)c1. The molecule has 3 aromatic carbocycles. The molecule has 0 bridgehead atoms. The van der Waals surface area contributed by atoms with Crippen LogP contribution in [0.4, 0.5) is 0 Å². The highest BCUT2D eigenvalue weighted by molar-refractivity contribution is 14.1. The summed E-state index contributed by atoms with van der Waals surface area (Å²) in [5, 5.41) is 0. The molecule has 1 aliphatic rings. The highest BCUT2D eigenvalue weighted by atomic mass is 127. The second-order valence-electron chi connectivity index (χ2n) is 6.42. The molecule has 0 aromatic heterocycles. The molecule has 0 N–H and O–H groups in total. The molecule has 1 aliphatic heterocycles. The molecule has 4 nitrogen and oxygen atoms in total. The predicted molar refractivity (Wildman–Crippen MR) is 132 cm³/mol. The van der Waals surface area contributed by atoms with Crippen LogP contribution in [-0.4, -0.2) is 11.9 Å². The van der Waals surface area contributed by atoms with Crippen molar-refractivity contribution in [2.24, 2.45) is 4.99 Å². The van der Waals surface area contributed by atoms with E-state index in [1.54, 1.807) is 6.08 Å². The third-order valence-electron chi connectivity index (χ3n) is 4.28. The monoisotopic (exact) mass is 637 g/mol. The Morgan fingerprint density at radius 1 is 1.03 bits per heavy atom. The van der Waals surface area contributed by atoms with Crippen LogP contribution in [0.5, 0.6) is 5.75 Å². The van der Waals surface area contributed by atoms with Crippen LogP contribution in [0.3, 0.4) is 0 Å². The van der Waals surface area contributed by atoms with Gasteiger partial charge in [0.1, 0.15) is 12.4 Å². The van der Waals surface area contributed by atoms with Crippen molar-refractivity contribution >= 4 is 72.4 Å². The van der Waals surface area contributed by atoms with Crippen molar-refractivity contribution in [2.45, 2.75) is 6.61 Å². The van der Waals surface area contributed by atoms with Gasteiger partial charge in [0, 0.05) is 23.6 Å². The van der Waals surface area contributed by atoms with Crippen molar-refractivity contribution in [2.75, 3.05) is 0 Å². The van der Waals surface area contributed by atoms with E-state index >= 15 is 0 Å². The van der Waals surface area contributed by atoms with Gasteiger partial charge in [0.05, 0.1) is 0 Å². The molecule has 0 saturated carbocycles. The lowest BCUT2D eigenvalue weighted by atomic mass is 10.1. The second kappa shape index (κ2) is 9.45. The molecule has 0 saturated heterocycles. The van der Waals surface area contributed by atoms with E-state index in [1.807, 2.05) is 66.7 Å². The van der Waals surface area contributed by atoms with Gasteiger partial charge in [-0.25, -0.2) is 9.79 Å². The van der Waals surface area contributed by atoms with Gasteiger partial charge in [0.2, 0.25) is 5.90 Å². The van der Waals surface area contributed by atoms with Crippen molar-refractivity contribution in [3.8, 4) is 5.75 Å². The molecule has 0 atom stereocenters. The minimum absolute atomic E-state index is 0.234. The molecular formula is C23H14Br2INO3. The van der Waals surface area contributed by atoms with E-state index in [0.29, 0.717) is 12.4 Å². The zero-order chi connectivity index (χ0) is 21.1. The summed E-state index contributed by atoms with van der Waals surface area (Å²) in [7, 11) is 0. The third kappa shape index (κ3) is 5.01. The van der Waals surface area contributed by atoms with E-state index in [1.165, 1.54) is 0 Å². The van der Waals surface area contributed by atoms with Gasteiger partial charge >= 0.3 is 5.97 Å². The minimum Gasteiger partial charge on any atom is -0.488 e. The number of cyclic esters (lactones) is 1. The fourth-order valence-electron chi connectivity index (χ4n) is 2.83. The Bertz CT molecular complexity index is 1190. The van der Waals surface area contributed by atoms with Gasteiger partial charge in [0.15, 0.2) is 5.70 Å². The maximum Gasteiger partial charge on any atom is 0.363 e.